The van der Waals surface area contributed by atoms with Crippen LogP contribution in [0.5, 0.6) is 0 Å². The van der Waals surface area contributed by atoms with Gasteiger partial charge in [-0.2, -0.15) is 0 Å². The lowest BCUT2D eigenvalue weighted by Crippen LogP contribution is -2.39. The van der Waals surface area contributed by atoms with Gasteiger partial charge in [0.05, 0.1) is 6.26 Å². The van der Waals surface area contributed by atoms with Gasteiger partial charge in [-0.25, -0.2) is 13.1 Å². The van der Waals surface area contributed by atoms with E-state index >= 15 is 0 Å². The van der Waals surface area contributed by atoms with Gasteiger partial charge in [0.25, 0.3) is 0 Å². The van der Waals surface area contributed by atoms with Crippen molar-refractivity contribution in [1.29, 1.82) is 0 Å². The number of hydrogen-bond donors (Lipinski definition) is 3. The molecule has 0 spiro atoms. The summed E-state index contributed by atoms with van der Waals surface area (Å²) >= 11 is 0. The maximum Gasteiger partial charge on any atom is 0.208 e. The van der Waals surface area contributed by atoms with Crippen molar-refractivity contribution in [2.24, 2.45) is 16.6 Å². The highest BCUT2D eigenvalue weighted by Crippen LogP contribution is 2.26. The van der Waals surface area contributed by atoms with Gasteiger partial charge in [-0.3, -0.25) is 4.99 Å². The summed E-state index contributed by atoms with van der Waals surface area (Å²) in [6.45, 7) is 4.55. The van der Waals surface area contributed by atoms with Crippen LogP contribution in [0.3, 0.4) is 0 Å². The molecule has 106 valence electrons. The van der Waals surface area contributed by atoms with E-state index in [2.05, 4.69) is 15.0 Å². The molecule has 6 nitrogen and oxygen atoms in total. The smallest absolute Gasteiger partial charge is 0.208 e. The fraction of sp³-hybridized carbons (Fsp3) is 0.909. The van der Waals surface area contributed by atoms with Crippen LogP contribution in [0.2, 0.25) is 0 Å². The Kier molecular flexibility index (Phi) is 5.40. The van der Waals surface area contributed by atoms with Crippen molar-refractivity contribution in [3.8, 4) is 0 Å². The van der Waals surface area contributed by atoms with E-state index in [1.54, 1.807) is 0 Å². The Balaban J connectivity index is 2.50. The van der Waals surface area contributed by atoms with Gasteiger partial charge in [0, 0.05) is 18.6 Å². The number of hydrogen-bond acceptors (Lipinski definition) is 3. The molecule has 0 aromatic carbocycles. The Bertz CT molecular complexity index is 392. The van der Waals surface area contributed by atoms with Gasteiger partial charge in [0.1, 0.15) is 0 Å². The molecular formula is C11H24N4O2S. The first-order chi connectivity index (χ1) is 8.28. The summed E-state index contributed by atoms with van der Waals surface area (Å²) in [6, 6.07) is 0.248. The maximum absolute atomic E-state index is 11.2. The van der Waals surface area contributed by atoms with Crippen molar-refractivity contribution in [2.75, 3.05) is 12.8 Å². The maximum atomic E-state index is 11.2. The van der Waals surface area contributed by atoms with Gasteiger partial charge >= 0.3 is 0 Å². The van der Waals surface area contributed by atoms with Crippen LogP contribution in [0, 0.1) is 5.92 Å². The zero-order valence-electron chi connectivity index (χ0n) is 11.3. The molecule has 2 atom stereocenters. The molecule has 1 aliphatic rings. The minimum Gasteiger partial charge on any atom is -0.370 e. The quantitative estimate of drug-likeness (QED) is 0.487. The highest BCUT2D eigenvalue weighted by atomic mass is 32.2. The van der Waals surface area contributed by atoms with Crippen molar-refractivity contribution in [2.45, 2.75) is 45.2 Å². The summed E-state index contributed by atoms with van der Waals surface area (Å²) in [4.78, 5) is 4.28. The molecule has 0 aliphatic heterocycles. The molecule has 0 aromatic rings. The van der Waals surface area contributed by atoms with Gasteiger partial charge in [-0.05, 0) is 32.6 Å². The second-order valence-electron chi connectivity index (χ2n) is 5.21. The Labute approximate surface area is 109 Å². The number of aliphatic imine (C=N–C) groups is 1. The molecule has 1 fully saturated rings. The van der Waals surface area contributed by atoms with Crippen molar-refractivity contribution >= 4 is 16.0 Å². The second-order valence-corrected chi connectivity index (χ2v) is 6.99. The van der Waals surface area contributed by atoms with E-state index in [0.717, 1.165) is 19.3 Å². The monoisotopic (exact) mass is 276 g/mol. The summed E-state index contributed by atoms with van der Waals surface area (Å²) in [5, 5.41) is 3.02. The van der Waals surface area contributed by atoms with Crippen LogP contribution in [0.1, 0.15) is 33.1 Å². The summed E-state index contributed by atoms with van der Waals surface area (Å²) in [6.07, 6.45) is 4.10. The third-order valence-corrected chi connectivity index (χ3v) is 3.69. The van der Waals surface area contributed by atoms with E-state index in [1.165, 1.54) is 6.26 Å². The average molecular weight is 276 g/mol. The molecule has 0 radical (unpaired) electrons. The van der Waals surface area contributed by atoms with Crippen molar-refractivity contribution in [3.63, 3.8) is 0 Å². The first-order valence-electron chi connectivity index (χ1n) is 6.31. The molecule has 0 amide bonds. The Morgan fingerprint density at radius 2 is 2.11 bits per heavy atom. The average Bonchev–Trinajstić information content (AvgIpc) is 2.58. The third-order valence-electron chi connectivity index (χ3n) is 2.96. The number of rotatable bonds is 5. The summed E-state index contributed by atoms with van der Waals surface area (Å²) < 4.78 is 25.1. The zero-order valence-corrected chi connectivity index (χ0v) is 12.1. The standard InChI is InChI=1S/C11H24N4O2S/c1-8(2)14-11(12)13-7-9-5-4-6-10(9)15-18(3,16)17/h8-10,15H,4-7H2,1-3H3,(H3,12,13,14). The number of nitrogens with one attached hydrogen (secondary N) is 2. The molecule has 1 aliphatic carbocycles. The molecule has 2 unspecified atom stereocenters. The minimum absolute atomic E-state index is 0.00407. The van der Waals surface area contributed by atoms with Crippen LogP contribution >= 0.6 is 0 Å². The molecule has 1 saturated carbocycles. The van der Waals surface area contributed by atoms with Crippen LogP contribution < -0.4 is 15.8 Å². The summed E-state index contributed by atoms with van der Waals surface area (Å²) in [5.74, 6) is 0.669. The normalized spacial score (nSPS) is 25.7. The number of guanidine groups is 1. The van der Waals surface area contributed by atoms with Gasteiger partial charge in [-0.15, -0.1) is 0 Å². The lowest BCUT2D eigenvalue weighted by molar-refractivity contribution is 0.454. The van der Waals surface area contributed by atoms with E-state index in [4.69, 9.17) is 5.73 Å². The van der Waals surface area contributed by atoms with Crippen molar-refractivity contribution in [3.05, 3.63) is 0 Å². The topological polar surface area (TPSA) is 96.6 Å². The lowest BCUT2D eigenvalue weighted by atomic mass is 10.1. The highest BCUT2D eigenvalue weighted by Gasteiger charge is 2.29. The minimum atomic E-state index is -3.14. The van der Waals surface area contributed by atoms with Gasteiger partial charge in [0.2, 0.25) is 10.0 Å². The summed E-state index contributed by atoms with van der Waals surface area (Å²) in [5.41, 5.74) is 5.73. The number of sulfonamides is 1. The lowest BCUT2D eigenvalue weighted by Gasteiger charge is -2.18. The Hall–Kier alpha value is -0.820. The predicted molar refractivity (Wildman–Crippen MR) is 73.9 cm³/mol. The molecule has 0 bridgehead atoms. The first kappa shape index (κ1) is 15.2. The first-order valence-corrected chi connectivity index (χ1v) is 8.21. The molecule has 0 heterocycles. The molecule has 1 rings (SSSR count). The number of nitrogens with two attached hydrogens (primary N) is 1. The molecule has 18 heavy (non-hydrogen) atoms. The van der Waals surface area contributed by atoms with Crippen LogP contribution in [-0.4, -0.2) is 39.3 Å². The second kappa shape index (κ2) is 6.38. The van der Waals surface area contributed by atoms with Crippen LogP contribution in [0.4, 0.5) is 0 Å². The fourth-order valence-electron chi connectivity index (χ4n) is 2.24. The Morgan fingerprint density at radius 3 is 2.67 bits per heavy atom. The molecule has 4 N–H and O–H groups in total. The SMILES string of the molecule is CC(C)NC(N)=NCC1CCCC1NS(C)(=O)=O. The van der Waals surface area contributed by atoms with Crippen molar-refractivity contribution < 1.29 is 8.42 Å². The largest absolute Gasteiger partial charge is 0.370 e. The fourth-order valence-corrected chi connectivity index (χ4v) is 3.10. The third kappa shape index (κ3) is 5.68. The van der Waals surface area contributed by atoms with Crippen LogP contribution in [-0.2, 0) is 10.0 Å². The van der Waals surface area contributed by atoms with E-state index in [1.807, 2.05) is 13.8 Å². The zero-order chi connectivity index (χ0) is 13.8. The number of nitrogens with zero attached hydrogens (tertiary/aromatic N) is 1. The van der Waals surface area contributed by atoms with E-state index in [9.17, 15) is 8.42 Å². The predicted octanol–water partition coefficient (Wildman–Crippen LogP) is 0.0170. The molecule has 0 saturated heterocycles. The van der Waals surface area contributed by atoms with Crippen LogP contribution in [0.15, 0.2) is 4.99 Å². The molecule has 7 heteroatoms. The van der Waals surface area contributed by atoms with Crippen molar-refractivity contribution in [1.82, 2.24) is 10.0 Å². The van der Waals surface area contributed by atoms with Gasteiger partial charge in [-0.1, -0.05) is 6.42 Å². The van der Waals surface area contributed by atoms with Gasteiger partial charge in [0.15, 0.2) is 5.96 Å². The highest BCUT2D eigenvalue weighted by molar-refractivity contribution is 7.88. The Morgan fingerprint density at radius 1 is 1.44 bits per heavy atom. The van der Waals surface area contributed by atoms with E-state index in [0.29, 0.717) is 12.5 Å². The van der Waals surface area contributed by atoms with E-state index < -0.39 is 10.0 Å². The van der Waals surface area contributed by atoms with Crippen LogP contribution in [0.25, 0.3) is 0 Å². The summed E-state index contributed by atoms with van der Waals surface area (Å²) in [7, 11) is -3.14. The van der Waals surface area contributed by atoms with E-state index in [-0.39, 0.29) is 18.0 Å². The molecule has 0 aromatic heterocycles. The molecular weight excluding hydrogens is 252 g/mol. The van der Waals surface area contributed by atoms with Gasteiger partial charge < -0.3 is 11.1 Å².